The Bertz CT molecular complexity index is 335. The summed E-state index contributed by atoms with van der Waals surface area (Å²) in [5.41, 5.74) is 6.71. The summed E-state index contributed by atoms with van der Waals surface area (Å²) >= 11 is 0. The molecule has 1 aliphatic rings. The molecular formula is C10H11N3. The smallest absolute Gasteiger partial charge is 0.0767 e. The number of hydrogen-bond acceptors (Lipinski definition) is 3. The maximum atomic E-state index is 8.94. The van der Waals surface area contributed by atoms with Crippen LogP contribution >= 0.6 is 0 Å². The predicted molar refractivity (Wildman–Crippen MR) is 48.4 cm³/mol. The van der Waals surface area contributed by atoms with Crippen molar-refractivity contribution in [1.82, 2.24) is 4.98 Å². The van der Waals surface area contributed by atoms with Crippen LogP contribution in [-0.2, 0) is 0 Å². The van der Waals surface area contributed by atoms with E-state index in [1.807, 2.05) is 12.1 Å². The lowest BCUT2D eigenvalue weighted by molar-refractivity contribution is 0.519. The van der Waals surface area contributed by atoms with Gasteiger partial charge in [0.2, 0.25) is 0 Å². The largest absolute Gasteiger partial charge is 0.323 e. The Morgan fingerprint density at radius 1 is 1.46 bits per heavy atom. The highest BCUT2D eigenvalue weighted by molar-refractivity contribution is 5.26. The summed E-state index contributed by atoms with van der Waals surface area (Å²) in [5, 5.41) is 8.94. The highest BCUT2D eigenvalue weighted by Crippen LogP contribution is 2.53. The number of rotatable bonds is 2. The lowest BCUT2D eigenvalue weighted by Gasteiger charge is -2.15. The highest BCUT2D eigenvalue weighted by atomic mass is 14.7. The topological polar surface area (TPSA) is 62.7 Å². The standard InChI is InChI=1S/C10H11N3/c11-7-10(3-4-10)9(12)8-1-5-13-6-2-8/h1-2,5-6,9H,3-4,12H2. The lowest BCUT2D eigenvalue weighted by Crippen LogP contribution is -2.21. The van der Waals surface area contributed by atoms with E-state index in [1.165, 1.54) is 0 Å². The lowest BCUT2D eigenvalue weighted by atomic mass is 9.93. The third-order valence-electron chi connectivity index (χ3n) is 2.67. The van der Waals surface area contributed by atoms with Crippen LogP contribution in [0.3, 0.4) is 0 Å². The summed E-state index contributed by atoms with van der Waals surface area (Å²) in [6.45, 7) is 0. The van der Waals surface area contributed by atoms with Gasteiger partial charge in [-0.25, -0.2) is 0 Å². The van der Waals surface area contributed by atoms with Crippen molar-refractivity contribution in [2.45, 2.75) is 18.9 Å². The number of hydrogen-bond donors (Lipinski definition) is 1. The van der Waals surface area contributed by atoms with E-state index in [4.69, 9.17) is 11.0 Å². The van der Waals surface area contributed by atoms with Gasteiger partial charge in [-0.05, 0) is 30.5 Å². The Labute approximate surface area is 77.2 Å². The Kier molecular flexibility index (Phi) is 1.78. The molecule has 1 aromatic rings. The fourth-order valence-electron chi connectivity index (χ4n) is 1.52. The average Bonchev–Trinajstić information content (AvgIpc) is 2.99. The number of nitrogens with two attached hydrogens (primary N) is 1. The second-order valence-electron chi connectivity index (χ2n) is 3.53. The second kappa shape index (κ2) is 2.82. The molecule has 0 aliphatic heterocycles. The summed E-state index contributed by atoms with van der Waals surface area (Å²) in [5.74, 6) is 0. The molecule has 0 aromatic carbocycles. The third-order valence-corrected chi connectivity index (χ3v) is 2.67. The van der Waals surface area contributed by atoms with Crippen molar-refractivity contribution in [3.05, 3.63) is 30.1 Å². The van der Waals surface area contributed by atoms with Gasteiger partial charge in [-0.15, -0.1) is 0 Å². The second-order valence-corrected chi connectivity index (χ2v) is 3.53. The molecular weight excluding hydrogens is 162 g/mol. The molecule has 1 atom stereocenters. The highest BCUT2D eigenvalue weighted by Gasteiger charge is 2.49. The molecule has 2 N–H and O–H groups in total. The first-order valence-electron chi connectivity index (χ1n) is 4.35. The summed E-state index contributed by atoms with van der Waals surface area (Å²) in [4.78, 5) is 3.92. The molecule has 1 unspecified atom stereocenters. The van der Waals surface area contributed by atoms with E-state index in [-0.39, 0.29) is 11.5 Å². The van der Waals surface area contributed by atoms with Crippen molar-refractivity contribution in [1.29, 1.82) is 5.26 Å². The van der Waals surface area contributed by atoms with Gasteiger partial charge in [0.15, 0.2) is 0 Å². The van der Waals surface area contributed by atoms with Crippen molar-refractivity contribution >= 4 is 0 Å². The fraction of sp³-hybridized carbons (Fsp3) is 0.400. The van der Waals surface area contributed by atoms with Crippen LogP contribution in [0.15, 0.2) is 24.5 Å². The number of nitriles is 1. The van der Waals surface area contributed by atoms with Crippen LogP contribution < -0.4 is 5.73 Å². The third kappa shape index (κ3) is 1.30. The fourth-order valence-corrected chi connectivity index (χ4v) is 1.52. The van der Waals surface area contributed by atoms with Gasteiger partial charge in [-0.3, -0.25) is 4.98 Å². The molecule has 0 bridgehead atoms. The molecule has 66 valence electrons. The average molecular weight is 173 g/mol. The van der Waals surface area contributed by atoms with Crippen LogP contribution in [0, 0.1) is 16.7 Å². The zero-order valence-corrected chi connectivity index (χ0v) is 7.27. The Hall–Kier alpha value is -1.40. The summed E-state index contributed by atoms with van der Waals surface area (Å²) in [6, 6.07) is 5.91. The molecule has 1 aliphatic carbocycles. The van der Waals surface area contributed by atoms with Crippen LogP contribution in [-0.4, -0.2) is 4.98 Å². The normalized spacial score (nSPS) is 20.3. The molecule has 0 saturated heterocycles. The van der Waals surface area contributed by atoms with Gasteiger partial charge in [-0.1, -0.05) is 0 Å². The number of pyridine rings is 1. The summed E-state index contributed by atoms with van der Waals surface area (Å²) < 4.78 is 0. The molecule has 2 rings (SSSR count). The first kappa shape index (κ1) is 8.21. The van der Waals surface area contributed by atoms with Crippen LogP contribution in [0.4, 0.5) is 0 Å². The molecule has 1 heterocycles. The Morgan fingerprint density at radius 2 is 2.08 bits per heavy atom. The zero-order valence-electron chi connectivity index (χ0n) is 7.27. The van der Waals surface area contributed by atoms with E-state index >= 15 is 0 Å². The molecule has 13 heavy (non-hydrogen) atoms. The number of nitrogens with zero attached hydrogens (tertiary/aromatic N) is 2. The predicted octanol–water partition coefficient (Wildman–Crippen LogP) is 1.39. The summed E-state index contributed by atoms with van der Waals surface area (Å²) in [6.07, 6.45) is 5.27. The first-order valence-corrected chi connectivity index (χ1v) is 4.35. The molecule has 0 spiro atoms. The van der Waals surface area contributed by atoms with Crippen LogP contribution in [0.5, 0.6) is 0 Å². The van der Waals surface area contributed by atoms with Crippen molar-refractivity contribution in [2.75, 3.05) is 0 Å². The molecule has 0 amide bonds. The Morgan fingerprint density at radius 3 is 2.54 bits per heavy atom. The molecule has 1 fully saturated rings. The molecule has 1 saturated carbocycles. The SMILES string of the molecule is N#CC1(C(N)c2ccncc2)CC1. The monoisotopic (exact) mass is 173 g/mol. The van der Waals surface area contributed by atoms with Gasteiger partial charge >= 0.3 is 0 Å². The molecule has 3 nitrogen and oxygen atoms in total. The maximum absolute atomic E-state index is 8.94. The molecule has 3 heteroatoms. The van der Waals surface area contributed by atoms with Crippen LogP contribution in [0.25, 0.3) is 0 Å². The van der Waals surface area contributed by atoms with Crippen molar-refractivity contribution in [2.24, 2.45) is 11.1 Å². The Balaban J connectivity index is 2.24. The van der Waals surface area contributed by atoms with Gasteiger partial charge < -0.3 is 5.73 Å². The quantitative estimate of drug-likeness (QED) is 0.735. The van der Waals surface area contributed by atoms with Crippen molar-refractivity contribution in [3.8, 4) is 6.07 Å². The molecule has 1 aromatic heterocycles. The minimum Gasteiger partial charge on any atom is -0.323 e. The number of aromatic nitrogens is 1. The van der Waals surface area contributed by atoms with Gasteiger partial charge in [0, 0.05) is 18.4 Å². The zero-order chi connectivity index (χ0) is 9.31. The minimum absolute atomic E-state index is 0.152. The maximum Gasteiger partial charge on any atom is 0.0767 e. The van der Waals surface area contributed by atoms with E-state index < -0.39 is 0 Å². The van der Waals surface area contributed by atoms with Crippen LogP contribution in [0.1, 0.15) is 24.4 Å². The van der Waals surface area contributed by atoms with Crippen LogP contribution in [0.2, 0.25) is 0 Å². The van der Waals surface area contributed by atoms with E-state index in [0.29, 0.717) is 0 Å². The van der Waals surface area contributed by atoms with E-state index in [2.05, 4.69) is 11.1 Å². The van der Waals surface area contributed by atoms with Crippen molar-refractivity contribution < 1.29 is 0 Å². The minimum atomic E-state index is -0.290. The summed E-state index contributed by atoms with van der Waals surface area (Å²) in [7, 11) is 0. The molecule has 0 radical (unpaired) electrons. The van der Waals surface area contributed by atoms with Gasteiger partial charge in [-0.2, -0.15) is 5.26 Å². The van der Waals surface area contributed by atoms with Gasteiger partial charge in [0.25, 0.3) is 0 Å². The first-order chi connectivity index (χ1) is 6.28. The van der Waals surface area contributed by atoms with Gasteiger partial charge in [0.1, 0.15) is 0 Å². The van der Waals surface area contributed by atoms with Gasteiger partial charge in [0.05, 0.1) is 11.5 Å². The van der Waals surface area contributed by atoms with E-state index in [9.17, 15) is 0 Å². The van der Waals surface area contributed by atoms with Crippen molar-refractivity contribution in [3.63, 3.8) is 0 Å². The van der Waals surface area contributed by atoms with E-state index in [1.54, 1.807) is 12.4 Å². The van der Waals surface area contributed by atoms with E-state index in [0.717, 1.165) is 18.4 Å².